The molecule has 0 amide bonds. The highest BCUT2D eigenvalue weighted by molar-refractivity contribution is 6.30. The number of hydrogen-bond acceptors (Lipinski definition) is 1. The maximum Gasteiger partial charge on any atom is 0.131 e. The molecule has 0 saturated heterocycles. The van der Waals surface area contributed by atoms with E-state index in [1.165, 1.54) is 6.07 Å². The fourth-order valence-electron chi connectivity index (χ4n) is 2.62. The van der Waals surface area contributed by atoms with Crippen LogP contribution < -0.4 is 4.74 Å². The molecule has 0 bridgehead atoms. The van der Waals surface area contributed by atoms with E-state index in [1.54, 1.807) is 6.07 Å². The van der Waals surface area contributed by atoms with Crippen molar-refractivity contribution in [1.29, 1.82) is 0 Å². The Morgan fingerprint density at radius 2 is 2.00 bits per heavy atom. The number of halogens is 2. The molecule has 1 aliphatic rings. The summed E-state index contributed by atoms with van der Waals surface area (Å²) in [7, 11) is 0. The minimum atomic E-state index is -0.221. The van der Waals surface area contributed by atoms with Crippen LogP contribution in [-0.4, -0.2) is 6.10 Å². The molecule has 2 aromatic rings. The molecule has 0 fully saturated rings. The molecule has 1 aliphatic heterocycles. The smallest absolute Gasteiger partial charge is 0.131 e. The highest BCUT2D eigenvalue weighted by atomic mass is 35.5. The maximum atomic E-state index is 13.8. The largest absolute Gasteiger partial charge is 0.489 e. The standard InChI is InChI=1S/C16H14ClFO/c1-9-5-12(17)3-4-14(9)15-8-13(18)7-11-6-10(2)19-16(11)15/h3-5,7-8,10H,6H2,1-2H3/t10-/m1/s1. The lowest BCUT2D eigenvalue weighted by molar-refractivity contribution is 0.255. The lowest BCUT2D eigenvalue weighted by Gasteiger charge is -2.12. The van der Waals surface area contributed by atoms with Crippen LogP contribution in [-0.2, 0) is 6.42 Å². The average molecular weight is 277 g/mol. The van der Waals surface area contributed by atoms with E-state index in [1.807, 2.05) is 32.0 Å². The first-order valence-electron chi connectivity index (χ1n) is 6.30. The van der Waals surface area contributed by atoms with Gasteiger partial charge in [0, 0.05) is 22.6 Å². The third-order valence-electron chi connectivity index (χ3n) is 3.44. The summed E-state index contributed by atoms with van der Waals surface area (Å²) in [6.45, 7) is 3.97. The molecule has 0 saturated carbocycles. The van der Waals surface area contributed by atoms with Gasteiger partial charge in [-0.25, -0.2) is 4.39 Å². The molecule has 0 N–H and O–H groups in total. The third kappa shape index (κ3) is 2.21. The van der Waals surface area contributed by atoms with Gasteiger partial charge in [-0.15, -0.1) is 0 Å². The second-order valence-corrected chi connectivity index (χ2v) is 5.47. The van der Waals surface area contributed by atoms with Gasteiger partial charge in [0.2, 0.25) is 0 Å². The number of hydrogen-bond donors (Lipinski definition) is 0. The van der Waals surface area contributed by atoms with Crippen LogP contribution in [0, 0.1) is 12.7 Å². The van der Waals surface area contributed by atoms with Crippen molar-refractivity contribution in [2.24, 2.45) is 0 Å². The Bertz CT molecular complexity index is 651. The predicted molar refractivity (Wildman–Crippen MR) is 75.4 cm³/mol. The van der Waals surface area contributed by atoms with E-state index >= 15 is 0 Å². The molecule has 0 spiro atoms. The highest BCUT2D eigenvalue weighted by Crippen LogP contribution is 2.41. The SMILES string of the molecule is Cc1cc(Cl)ccc1-c1cc(F)cc2c1O[C@H](C)C2. The van der Waals surface area contributed by atoms with E-state index in [0.29, 0.717) is 5.02 Å². The number of aryl methyl sites for hydroxylation is 1. The van der Waals surface area contributed by atoms with E-state index in [4.69, 9.17) is 16.3 Å². The minimum absolute atomic E-state index is 0.100. The van der Waals surface area contributed by atoms with Crippen molar-refractivity contribution >= 4 is 11.6 Å². The zero-order valence-electron chi connectivity index (χ0n) is 10.8. The third-order valence-corrected chi connectivity index (χ3v) is 3.67. The first-order valence-corrected chi connectivity index (χ1v) is 6.68. The van der Waals surface area contributed by atoms with Crippen LogP contribution in [0.4, 0.5) is 4.39 Å². The van der Waals surface area contributed by atoms with Crippen molar-refractivity contribution < 1.29 is 9.13 Å². The molecule has 1 heterocycles. The van der Waals surface area contributed by atoms with Crippen molar-refractivity contribution in [2.45, 2.75) is 26.4 Å². The number of fused-ring (bicyclic) bond motifs is 1. The van der Waals surface area contributed by atoms with Crippen molar-refractivity contribution in [2.75, 3.05) is 0 Å². The first-order chi connectivity index (χ1) is 9.04. The summed E-state index contributed by atoms with van der Waals surface area (Å²) in [6, 6.07) is 8.71. The van der Waals surface area contributed by atoms with Crippen molar-refractivity contribution in [3.63, 3.8) is 0 Å². The summed E-state index contributed by atoms with van der Waals surface area (Å²) in [6.07, 6.45) is 0.857. The van der Waals surface area contributed by atoms with Crippen molar-refractivity contribution in [1.82, 2.24) is 0 Å². The molecule has 1 nitrogen and oxygen atoms in total. The van der Waals surface area contributed by atoms with E-state index in [0.717, 1.165) is 34.4 Å². The van der Waals surface area contributed by atoms with Gasteiger partial charge < -0.3 is 4.74 Å². The Hall–Kier alpha value is -1.54. The van der Waals surface area contributed by atoms with Crippen LogP contribution in [0.15, 0.2) is 30.3 Å². The summed E-state index contributed by atoms with van der Waals surface area (Å²) in [5.74, 6) is 0.583. The number of benzene rings is 2. The van der Waals surface area contributed by atoms with Crippen LogP contribution in [0.5, 0.6) is 5.75 Å². The average Bonchev–Trinajstić information content (AvgIpc) is 2.68. The Labute approximate surface area is 117 Å². The second kappa shape index (κ2) is 4.53. The molecule has 0 radical (unpaired) electrons. The molecule has 0 unspecified atom stereocenters. The lowest BCUT2D eigenvalue weighted by Crippen LogP contribution is -2.05. The molecule has 0 aliphatic carbocycles. The zero-order chi connectivity index (χ0) is 13.6. The zero-order valence-corrected chi connectivity index (χ0v) is 11.6. The summed E-state index contributed by atoms with van der Waals surface area (Å²) in [5, 5.41) is 0.684. The molecule has 2 aromatic carbocycles. The number of ether oxygens (including phenoxy) is 1. The fraction of sp³-hybridized carbons (Fsp3) is 0.250. The Morgan fingerprint density at radius 1 is 1.21 bits per heavy atom. The summed E-state index contributed by atoms with van der Waals surface area (Å²) in [4.78, 5) is 0. The van der Waals surface area contributed by atoms with Crippen molar-refractivity contribution in [3.8, 4) is 16.9 Å². The van der Waals surface area contributed by atoms with Gasteiger partial charge in [-0.3, -0.25) is 0 Å². The fourth-order valence-corrected chi connectivity index (χ4v) is 2.85. The second-order valence-electron chi connectivity index (χ2n) is 5.03. The molecule has 3 heteroatoms. The molecule has 19 heavy (non-hydrogen) atoms. The van der Waals surface area contributed by atoms with Crippen LogP contribution in [0.25, 0.3) is 11.1 Å². The van der Waals surface area contributed by atoms with Gasteiger partial charge in [-0.05, 0) is 49.2 Å². The summed E-state index contributed by atoms with van der Waals surface area (Å²) >= 11 is 5.97. The first kappa shape index (κ1) is 12.5. The highest BCUT2D eigenvalue weighted by Gasteiger charge is 2.24. The van der Waals surface area contributed by atoms with Gasteiger partial charge in [0.05, 0.1) is 0 Å². The Morgan fingerprint density at radius 3 is 2.74 bits per heavy atom. The molecule has 1 atom stereocenters. The van der Waals surface area contributed by atoms with Gasteiger partial charge in [0.15, 0.2) is 0 Å². The monoisotopic (exact) mass is 276 g/mol. The van der Waals surface area contributed by atoms with E-state index < -0.39 is 0 Å². The topological polar surface area (TPSA) is 9.23 Å². The van der Waals surface area contributed by atoms with Crippen LogP contribution in [0.1, 0.15) is 18.1 Å². The minimum Gasteiger partial charge on any atom is -0.489 e. The normalized spacial score (nSPS) is 17.2. The molecular weight excluding hydrogens is 263 g/mol. The maximum absolute atomic E-state index is 13.8. The van der Waals surface area contributed by atoms with E-state index in [9.17, 15) is 4.39 Å². The van der Waals surface area contributed by atoms with Crippen LogP contribution >= 0.6 is 11.6 Å². The van der Waals surface area contributed by atoms with Crippen molar-refractivity contribution in [3.05, 3.63) is 52.3 Å². The summed E-state index contributed by atoms with van der Waals surface area (Å²) in [5.41, 5.74) is 3.74. The molecule has 98 valence electrons. The Kier molecular flexibility index (Phi) is 2.98. The van der Waals surface area contributed by atoms with Gasteiger partial charge in [-0.2, -0.15) is 0 Å². The lowest BCUT2D eigenvalue weighted by atomic mass is 9.97. The predicted octanol–water partition coefficient (Wildman–Crippen LogP) is 4.78. The van der Waals surface area contributed by atoms with Gasteiger partial charge >= 0.3 is 0 Å². The molecule has 3 rings (SSSR count). The quantitative estimate of drug-likeness (QED) is 0.728. The molecule has 0 aromatic heterocycles. The Balaban J connectivity index is 2.21. The molecular formula is C16H14ClFO. The van der Waals surface area contributed by atoms with E-state index in [-0.39, 0.29) is 11.9 Å². The van der Waals surface area contributed by atoms with Crippen LogP contribution in [0.3, 0.4) is 0 Å². The van der Waals surface area contributed by atoms with Gasteiger partial charge in [0.25, 0.3) is 0 Å². The van der Waals surface area contributed by atoms with E-state index in [2.05, 4.69) is 0 Å². The van der Waals surface area contributed by atoms with Gasteiger partial charge in [0.1, 0.15) is 17.7 Å². The number of rotatable bonds is 1. The van der Waals surface area contributed by atoms with Gasteiger partial charge in [-0.1, -0.05) is 17.7 Å². The summed E-state index contributed by atoms with van der Waals surface area (Å²) < 4.78 is 19.6. The van der Waals surface area contributed by atoms with Crippen LogP contribution in [0.2, 0.25) is 5.02 Å².